The molecule has 0 aliphatic carbocycles. The van der Waals surface area contributed by atoms with E-state index in [2.05, 4.69) is 0 Å². The van der Waals surface area contributed by atoms with E-state index < -0.39 is 11.8 Å². The molecular weight excluding hydrogens is 260 g/mol. The minimum atomic E-state index is -1.06. The predicted molar refractivity (Wildman–Crippen MR) is 69.4 cm³/mol. The second-order valence-corrected chi connectivity index (χ2v) is 4.56. The van der Waals surface area contributed by atoms with Crippen molar-refractivity contribution in [3.05, 3.63) is 59.7 Å². The van der Waals surface area contributed by atoms with Gasteiger partial charge >= 0.3 is 6.16 Å². The number of hydrogen-bond donors (Lipinski definition) is 2. The smallest absolute Gasteiger partial charge is 0.508 e. The highest BCUT2D eigenvalue weighted by Gasteiger charge is 2.45. The summed E-state index contributed by atoms with van der Waals surface area (Å²) in [5.74, 6) is 0.250. The zero-order chi connectivity index (χ0) is 14.2. The summed E-state index contributed by atoms with van der Waals surface area (Å²) < 4.78 is 10.3. The molecule has 1 aliphatic heterocycles. The maximum absolute atomic E-state index is 11.4. The molecule has 1 heterocycles. The summed E-state index contributed by atoms with van der Waals surface area (Å²) in [6, 6.07) is 12.8. The quantitative estimate of drug-likeness (QED) is 0.821. The highest BCUT2D eigenvalue weighted by atomic mass is 16.8. The van der Waals surface area contributed by atoms with Gasteiger partial charge in [-0.1, -0.05) is 24.3 Å². The molecule has 20 heavy (non-hydrogen) atoms. The van der Waals surface area contributed by atoms with E-state index in [0.717, 1.165) is 0 Å². The molecule has 0 bridgehead atoms. The standard InChI is InChI=1S/C15H12O5/c16-12-5-1-10(2-6-12)15(9-19-14(18)20-15)11-3-7-13(17)8-4-11/h1-8,16-17H,9H2. The third-order valence-corrected chi connectivity index (χ3v) is 3.32. The lowest BCUT2D eigenvalue weighted by atomic mass is 9.87. The summed E-state index contributed by atoms with van der Waals surface area (Å²) in [5, 5.41) is 18.7. The van der Waals surface area contributed by atoms with Crippen molar-refractivity contribution in [3.63, 3.8) is 0 Å². The van der Waals surface area contributed by atoms with Crippen LogP contribution in [0.5, 0.6) is 11.5 Å². The van der Waals surface area contributed by atoms with E-state index in [4.69, 9.17) is 9.47 Å². The molecule has 0 amide bonds. The highest BCUT2D eigenvalue weighted by Crippen LogP contribution is 2.39. The van der Waals surface area contributed by atoms with Gasteiger partial charge in [-0.05, 0) is 24.3 Å². The number of carbonyl (C=O) groups is 1. The van der Waals surface area contributed by atoms with Crippen molar-refractivity contribution in [2.75, 3.05) is 6.61 Å². The molecule has 1 saturated heterocycles. The first kappa shape index (κ1) is 12.3. The summed E-state index contributed by atoms with van der Waals surface area (Å²) in [4.78, 5) is 11.4. The van der Waals surface area contributed by atoms with E-state index in [0.29, 0.717) is 11.1 Å². The van der Waals surface area contributed by atoms with E-state index in [-0.39, 0.29) is 18.1 Å². The van der Waals surface area contributed by atoms with Gasteiger partial charge in [-0.3, -0.25) is 0 Å². The van der Waals surface area contributed by atoms with Crippen molar-refractivity contribution in [3.8, 4) is 11.5 Å². The normalized spacial score (nSPS) is 16.5. The van der Waals surface area contributed by atoms with Crippen molar-refractivity contribution in [1.82, 2.24) is 0 Å². The Kier molecular flexibility index (Phi) is 2.75. The second kappa shape index (κ2) is 4.45. The van der Waals surface area contributed by atoms with Crippen LogP contribution < -0.4 is 0 Å². The molecule has 2 aromatic carbocycles. The van der Waals surface area contributed by atoms with Crippen LogP contribution in [0.4, 0.5) is 4.79 Å². The lowest BCUT2D eigenvalue weighted by Gasteiger charge is -2.26. The largest absolute Gasteiger partial charge is 0.509 e. The van der Waals surface area contributed by atoms with Gasteiger partial charge < -0.3 is 19.7 Å². The van der Waals surface area contributed by atoms with Crippen LogP contribution in [0.25, 0.3) is 0 Å². The van der Waals surface area contributed by atoms with Gasteiger partial charge in [-0.2, -0.15) is 0 Å². The summed E-state index contributed by atoms with van der Waals surface area (Å²) >= 11 is 0. The van der Waals surface area contributed by atoms with E-state index in [1.54, 1.807) is 24.3 Å². The van der Waals surface area contributed by atoms with Crippen molar-refractivity contribution < 1.29 is 24.5 Å². The van der Waals surface area contributed by atoms with Gasteiger partial charge in [0.05, 0.1) is 0 Å². The van der Waals surface area contributed by atoms with Crippen LogP contribution in [0.2, 0.25) is 0 Å². The zero-order valence-corrected chi connectivity index (χ0v) is 10.4. The number of benzene rings is 2. The van der Waals surface area contributed by atoms with Gasteiger partial charge in [0.15, 0.2) is 5.60 Å². The fourth-order valence-corrected chi connectivity index (χ4v) is 2.27. The minimum Gasteiger partial charge on any atom is -0.508 e. The van der Waals surface area contributed by atoms with Crippen LogP contribution in [0, 0.1) is 0 Å². The first-order valence-corrected chi connectivity index (χ1v) is 6.05. The number of ether oxygens (including phenoxy) is 2. The van der Waals surface area contributed by atoms with Crippen LogP contribution in [-0.4, -0.2) is 23.0 Å². The van der Waals surface area contributed by atoms with Gasteiger partial charge in [-0.15, -0.1) is 0 Å². The molecule has 5 nitrogen and oxygen atoms in total. The van der Waals surface area contributed by atoms with E-state index in [1.165, 1.54) is 24.3 Å². The Balaban J connectivity index is 2.12. The molecule has 1 aliphatic rings. The maximum atomic E-state index is 11.4. The van der Waals surface area contributed by atoms with Crippen LogP contribution in [0.3, 0.4) is 0 Å². The fraction of sp³-hybridized carbons (Fsp3) is 0.133. The highest BCUT2D eigenvalue weighted by molar-refractivity contribution is 5.65. The van der Waals surface area contributed by atoms with Crippen LogP contribution >= 0.6 is 0 Å². The Morgan fingerprint density at radius 3 is 1.65 bits per heavy atom. The topological polar surface area (TPSA) is 76.0 Å². The Hall–Kier alpha value is -2.69. The molecule has 3 rings (SSSR count). The summed E-state index contributed by atoms with van der Waals surface area (Å²) in [6.45, 7) is 0.0430. The van der Waals surface area contributed by atoms with Crippen LogP contribution in [-0.2, 0) is 15.1 Å². The number of carbonyl (C=O) groups excluding carboxylic acids is 1. The number of aromatic hydroxyl groups is 2. The van der Waals surface area contributed by atoms with E-state index in [1.807, 2.05) is 0 Å². The molecule has 5 heteroatoms. The molecular formula is C15H12O5. The number of phenolic OH excluding ortho intramolecular Hbond substituents is 2. The molecule has 1 fully saturated rings. The monoisotopic (exact) mass is 272 g/mol. The number of hydrogen-bond acceptors (Lipinski definition) is 5. The summed E-state index contributed by atoms with van der Waals surface area (Å²) in [6.07, 6.45) is -0.744. The first-order chi connectivity index (χ1) is 9.60. The molecule has 0 spiro atoms. The SMILES string of the molecule is O=C1OCC(c2ccc(O)cc2)(c2ccc(O)cc2)O1. The van der Waals surface area contributed by atoms with Crippen LogP contribution in [0.15, 0.2) is 48.5 Å². The number of rotatable bonds is 2. The predicted octanol–water partition coefficient (Wildman–Crippen LogP) is 2.51. The number of phenols is 2. The van der Waals surface area contributed by atoms with Gasteiger partial charge in [0.2, 0.25) is 0 Å². The lowest BCUT2D eigenvalue weighted by molar-refractivity contribution is 0.0838. The number of cyclic esters (lactones) is 2. The Labute approximate surface area is 115 Å². The molecule has 2 aromatic rings. The van der Waals surface area contributed by atoms with Gasteiger partial charge in [0.25, 0.3) is 0 Å². The van der Waals surface area contributed by atoms with Crippen molar-refractivity contribution in [2.24, 2.45) is 0 Å². The lowest BCUT2D eigenvalue weighted by Crippen LogP contribution is -2.30. The molecule has 0 saturated carbocycles. The van der Waals surface area contributed by atoms with Gasteiger partial charge in [-0.25, -0.2) is 4.79 Å². The Morgan fingerprint density at radius 1 is 0.850 bits per heavy atom. The summed E-state index contributed by atoms with van der Waals surface area (Å²) in [5.41, 5.74) is 0.317. The molecule has 0 atom stereocenters. The average Bonchev–Trinajstić information content (AvgIpc) is 2.84. The zero-order valence-electron chi connectivity index (χ0n) is 10.4. The van der Waals surface area contributed by atoms with Crippen molar-refractivity contribution in [2.45, 2.75) is 5.60 Å². The van der Waals surface area contributed by atoms with Gasteiger partial charge in [0.1, 0.15) is 18.1 Å². The summed E-state index contributed by atoms with van der Waals surface area (Å²) in [7, 11) is 0. The Morgan fingerprint density at radius 2 is 1.30 bits per heavy atom. The Bertz CT molecular complexity index is 585. The van der Waals surface area contributed by atoms with Crippen molar-refractivity contribution >= 4 is 6.16 Å². The van der Waals surface area contributed by atoms with Crippen LogP contribution in [0.1, 0.15) is 11.1 Å². The van der Waals surface area contributed by atoms with Gasteiger partial charge in [0, 0.05) is 11.1 Å². The van der Waals surface area contributed by atoms with Crippen molar-refractivity contribution in [1.29, 1.82) is 0 Å². The fourth-order valence-electron chi connectivity index (χ4n) is 2.27. The van der Waals surface area contributed by atoms with E-state index in [9.17, 15) is 15.0 Å². The first-order valence-electron chi connectivity index (χ1n) is 6.05. The second-order valence-electron chi connectivity index (χ2n) is 4.56. The third-order valence-electron chi connectivity index (χ3n) is 3.32. The van der Waals surface area contributed by atoms with E-state index >= 15 is 0 Å². The third kappa shape index (κ3) is 1.93. The molecule has 2 N–H and O–H groups in total. The average molecular weight is 272 g/mol. The molecule has 0 unspecified atom stereocenters. The maximum Gasteiger partial charge on any atom is 0.509 e. The minimum absolute atomic E-state index is 0.0430. The molecule has 102 valence electrons. The molecule has 0 radical (unpaired) electrons. The molecule has 0 aromatic heterocycles.